The molecule has 0 saturated heterocycles. The van der Waals surface area contributed by atoms with Crippen molar-refractivity contribution in [3.05, 3.63) is 0 Å². The Labute approximate surface area is 190 Å². The zero-order valence-electron chi connectivity index (χ0n) is 20.6. The summed E-state index contributed by atoms with van der Waals surface area (Å²) in [6.07, 6.45) is 2.22. The van der Waals surface area contributed by atoms with E-state index in [0.717, 1.165) is 0 Å². The van der Waals surface area contributed by atoms with Gasteiger partial charge in [0.1, 0.15) is 11.6 Å². The summed E-state index contributed by atoms with van der Waals surface area (Å²) < 4.78 is 32.3. The molecule has 0 aliphatic carbocycles. The molecule has 0 amide bonds. The van der Waals surface area contributed by atoms with Gasteiger partial charge in [0.25, 0.3) is 0 Å². The Balaban J connectivity index is 4.19. The van der Waals surface area contributed by atoms with Crippen molar-refractivity contribution in [2.75, 3.05) is 55.7 Å². The molecule has 0 heterocycles. The Hall–Kier alpha value is -0.506. The van der Waals surface area contributed by atoms with Gasteiger partial charge < -0.3 is 31.9 Å². The number of nitrogens with one attached hydrogen (secondary N) is 1. The predicted molar refractivity (Wildman–Crippen MR) is 123 cm³/mol. The SMILES string of the molecule is CO[Si](CCCC(=O)C(C)CNCC(C)C(=O)CCC[Si](OC)(OC)OC)(OC)OC. The number of ketones is 2. The van der Waals surface area contributed by atoms with Crippen molar-refractivity contribution in [1.29, 1.82) is 0 Å². The third kappa shape index (κ3) is 10.8. The second-order valence-electron chi connectivity index (χ2n) is 7.69. The fourth-order valence-electron chi connectivity index (χ4n) is 3.31. The largest absolute Gasteiger partial charge is 0.500 e. The minimum Gasteiger partial charge on any atom is -0.377 e. The molecule has 0 aromatic carbocycles. The Morgan fingerprint density at radius 2 is 0.935 bits per heavy atom. The summed E-state index contributed by atoms with van der Waals surface area (Å²) in [5.74, 6) is 0.112. The summed E-state index contributed by atoms with van der Waals surface area (Å²) in [5.41, 5.74) is 0. The van der Waals surface area contributed by atoms with Crippen molar-refractivity contribution in [3.63, 3.8) is 0 Å². The van der Waals surface area contributed by atoms with Crippen LogP contribution in [0.1, 0.15) is 39.5 Å². The molecule has 11 heteroatoms. The van der Waals surface area contributed by atoms with Crippen molar-refractivity contribution >= 4 is 29.2 Å². The minimum atomic E-state index is -2.63. The second-order valence-corrected chi connectivity index (χ2v) is 13.9. The molecule has 0 rings (SSSR count). The molecule has 2 atom stereocenters. The van der Waals surface area contributed by atoms with Crippen molar-refractivity contribution in [3.8, 4) is 0 Å². The predicted octanol–water partition coefficient (Wildman–Crippen LogP) is 2.30. The van der Waals surface area contributed by atoms with Crippen LogP contribution < -0.4 is 5.32 Å². The van der Waals surface area contributed by atoms with Gasteiger partial charge in [-0.05, 0) is 12.8 Å². The molecule has 0 bridgehead atoms. The van der Waals surface area contributed by atoms with Crippen LogP contribution in [0, 0.1) is 11.8 Å². The maximum atomic E-state index is 12.4. The van der Waals surface area contributed by atoms with Gasteiger partial charge >= 0.3 is 17.6 Å². The Kier molecular flexibility index (Phi) is 15.9. The van der Waals surface area contributed by atoms with Crippen LogP contribution >= 0.6 is 0 Å². The first-order chi connectivity index (χ1) is 14.7. The van der Waals surface area contributed by atoms with E-state index < -0.39 is 17.6 Å². The maximum Gasteiger partial charge on any atom is 0.500 e. The smallest absolute Gasteiger partial charge is 0.377 e. The number of hydrogen-bond donors (Lipinski definition) is 1. The number of carbonyl (C=O) groups is 2. The van der Waals surface area contributed by atoms with Gasteiger partial charge in [-0.25, -0.2) is 0 Å². The summed E-state index contributed by atoms with van der Waals surface area (Å²) >= 11 is 0. The lowest BCUT2D eigenvalue weighted by atomic mass is 10.0. The van der Waals surface area contributed by atoms with E-state index in [1.54, 1.807) is 42.7 Å². The van der Waals surface area contributed by atoms with Crippen LogP contribution in [0.5, 0.6) is 0 Å². The highest BCUT2D eigenvalue weighted by atomic mass is 28.4. The van der Waals surface area contributed by atoms with Gasteiger partial charge in [-0.2, -0.15) is 0 Å². The standard InChI is InChI=1S/C20H43NO8Si2/c1-17(19(22)11-9-13-30(24-3,25-4)26-5)15-21-16-18(2)20(23)12-10-14-31(27-6,28-7)29-8/h17-18,21H,9-16H2,1-8H3. The zero-order chi connectivity index (χ0) is 23.9. The molecule has 0 spiro atoms. The summed E-state index contributed by atoms with van der Waals surface area (Å²) in [4.78, 5) is 24.8. The average molecular weight is 482 g/mol. The molecular weight excluding hydrogens is 438 g/mol. The molecule has 1 N–H and O–H groups in total. The molecule has 0 aliphatic rings. The summed E-state index contributed by atoms with van der Waals surface area (Å²) in [6.45, 7) is 4.90. The first-order valence-electron chi connectivity index (χ1n) is 10.8. The second kappa shape index (κ2) is 16.2. The fourth-order valence-corrected chi connectivity index (χ4v) is 6.75. The van der Waals surface area contributed by atoms with E-state index in [4.69, 9.17) is 26.6 Å². The first-order valence-corrected chi connectivity index (χ1v) is 14.6. The molecular formula is C20H43NO8Si2. The Morgan fingerprint density at radius 3 is 1.19 bits per heavy atom. The lowest BCUT2D eigenvalue weighted by Gasteiger charge is -2.24. The number of rotatable bonds is 20. The summed E-state index contributed by atoms with van der Waals surface area (Å²) in [6, 6.07) is 1.21. The molecule has 0 aromatic heterocycles. The van der Waals surface area contributed by atoms with Crippen molar-refractivity contribution in [2.24, 2.45) is 11.8 Å². The highest BCUT2D eigenvalue weighted by molar-refractivity contribution is 6.60. The molecule has 0 fully saturated rings. The topological polar surface area (TPSA) is 102 Å². The molecule has 31 heavy (non-hydrogen) atoms. The van der Waals surface area contributed by atoms with Crippen LogP contribution in [0.15, 0.2) is 0 Å². The highest BCUT2D eigenvalue weighted by Crippen LogP contribution is 2.18. The lowest BCUT2D eigenvalue weighted by Crippen LogP contribution is -2.42. The average Bonchev–Trinajstić information content (AvgIpc) is 2.79. The summed E-state index contributed by atoms with van der Waals surface area (Å²) in [7, 11) is 4.17. The molecule has 2 unspecified atom stereocenters. The monoisotopic (exact) mass is 481 g/mol. The zero-order valence-corrected chi connectivity index (χ0v) is 22.6. The van der Waals surface area contributed by atoms with E-state index in [-0.39, 0.29) is 23.4 Å². The van der Waals surface area contributed by atoms with E-state index in [1.807, 2.05) is 13.8 Å². The van der Waals surface area contributed by atoms with Gasteiger partial charge in [-0.15, -0.1) is 0 Å². The summed E-state index contributed by atoms with van der Waals surface area (Å²) in [5, 5.41) is 3.25. The van der Waals surface area contributed by atoms with Gasteiger partial charge in [-0.1, -0.05) is 13.8 Å². The Morgan fingerprint density at radius 1 is 0.645 bits per heavy atom. The van der Waals surface area contributed by atoms with Gasteiger partial charge in [0.2, 0.25) is 0 Å². The van der Waals surface area contributed by atoms with E-state index >= 15 is 0 Å². The van der Waals surface area contributed by atoms with Crippen LogP contribution in [0.4, 0.5) is 0 Å². The third-order valence-corrected chi connectivity index (χ3v) is 11.3. The number of carbonyl (C=O) groups excluding carboxylic acids is 2. The van der Waals surface area contributed by atoms with E-state index in [0.29, 0.717) is 50.9 Å². The van der Waals surface area contributed by atoms with Crippen LogP contribution in [0.25, 0.3) is 0 Å². The van der Waals surface area contributed by atoms with Crippen molar-refractivity contribution in [2.45, 2.75) is 51.6 Å². The van der Waals surface area contributed by atoms with Gasteiger partial charge in [0, 0.05) is 92.5 Å². The van der Waals surface area contributed by atoms with Crippen LogP contribution in [0.3, 0.4) is 0 Å². The molecule has 0 aromatic rings. The quantitative estimate of drug-likeness (QED) is 0.262. The normalized spacial score (nSPS) is 14.5. The van der Waals surface area contributed by atoms with Gasteiger partial charge in [0.15, 0.2) is 0 Å². The first kappa shape index (κ1) is 30.5. The van der Waals surface area contributed by atoms with Crippen molar-refractivity contribution < 1.29 is 36.1 Å². The van der Waals surface area contributed by atoms with E-state index in [2.05, 4.69) is 5.32 Å². The highest BCUT2D eigenvalue weighted by Gasteiger charge is 2.38. The van der Waals surface area contributed by atoms with Crippen molar-refractivity contribution in [1.82, 2.24) is 5.32 Å². The van der Waals surface area contributed by atoms with Crippen LogP contribution in [0.2, 0.25) is 12.1 Å². The Bertz CT molecular complexity index is 455. The van der Waals surface area contributed by atoms with Crippen LogP contribution in [-0.4, -0.2) is 84.9 Å². The minimum absolute atomic E-state index is 0.122. The fraction of sp³-hybridized carbons (Fsp3) is 0.900. The molecule has 9 nitrogen and oxygen atoms in total. The van der Waals surface area contributed by atoms with Gasteiger partial charge in [0.05, 0.1) is 0 Å². The molecule has 0 saturated carbocycles. The van der Waals surface area contributed by atoms with Gasteiger partial charge in [-0.3, -0.25) is 9.59 Å². The molecule has 0 aliphatic heterocycles. The molecule has 184 valence electrons. The van der Waals surface area contributed by atoms with E-state index in [9.17, 15) is 9.59 Å². The third-order valence-electron chi connectivity index (χ3n) is 5.68. The number of Topliss-reactive ketones (excluding diaryl/α,β-unsaturated/α-hetero) is 2. The van der Waals surface area contributed by atoms with Crippen LogP contribution in [-0.2, 0) is 36.1 Å². The lowest BCUT2D eigenvalue weighted by molar-refractivity contribution is -0.122. The molecule has 0 radical (unpaired) electrons. The maximum absolute atomic E-state index is 12.4. The van der Waals surface area contributed by atoms with E-state index in [1.165, 1.54) is 0 Å². The number of hydrogen-bond acceptors (Lipinski definition) is 9.